The van der Waals surface area contributed by atoms with Crippen molar-refractivity contribution in [3.05, 3.63) is 12.2 Å². The average molecular weight is 324 g/mol. The van der Waals surface area contributed by atoms with E-state index in [2.05, 4.69) is 39.6 Å². The number of carbonyl (C=O) groups excluding carboxylic acids is 1. The fraction of sp³-hybridized carbons (Fsp3) is 0.800. The molecule has 0 aliphatic carbocycles. The standard InChI is InChI=1S/C15H28N6O2/c1-11(2)8-21-5-6-23-13(9-21)7-16-15(22)18-12(3)14-19-17-10-20(14)4/h10-13H,5-9H2,1-4H3,(H2,16,18,22)/t12-,13-/m0/s1. The third-order valence-electron chi connectivity index (χ3n) is 3.82. The molecule has 8 heteroatoms. The van der Waals surface area contributed by atoms with E-state index in [1.54, 1.807) is 10.9 Å². The maximum Gasteiger partial charge on any atom is 0.315 e. The van der Waals surface area contributed by atoms with Gasteiger partial charge < -0.3 is 19.9 Å². The van der Waals surface area contributed by atoms with Crippen molar-refractivity contribution in [2.45, 2.75) is 32.9 Å². The first kappa shape index (κ1) is 17.7. The quantitative estimate of drug-likeness (QED) is 0.797. The van der Waals surface area contributed by atoms with Gasteiger partial charge in [-0.15, -0.1) is 10.2 Å². The van der Waals surface area contributed by atoms with Crippen LogP contribution in [0.1, 0.15) is 32.6 Å². The minimum absolute atomic E-state index is 0.0402. The lowest BCUT2D eigenvalue weighted by Gasteiger charge is -2.34. The normalized spacial score (nSPS) is 20.5. The van der Waals surface area contributed by atoms with Crippen LogP contribution in [-0.4, -0.2) is 64.6 Å². The molecule has 0 unspecified atom stereocenters. The number of morpholine rings is 1. The van der Waals surface area contributed by atoms with Crippen molar-refractivity contribution in [1.82, 2.24) is 30.3 Å². The highest BCUT2D eigenvalue weighted by Crippen LogP contribution is 2.08. The first-order chi connectivity index (χ1) is 11.0. The molecule has 2 rings (SSSR count). The van der Waals surface area contributed by atoms with Crippen LogP contribution in [0.2, 0.25) is 0 Å². The Balaban J connectivity index is 1.72. The van der Waals surface area contributed by atoms with Gasteiger partial charge >= 0.3 is 6.03 Å². The van der Waals surface area contributed by atoms with Crippen molar-refractivity contribution < 1.29 is 9.53 Å². The summed E-state index contributed by atoms with van der Waals surface area (Å²) >= 11 is 0. The van der Waals surface area contributed by atoms with Crippen LogP contribution in [0, 0.1) is 5.92 Å². The van der Waals surface area contributed by atoms with E-state index in [4.69, 9.17) is 4.74 Å². The molecule has 0 aromatic carbocycles. The van der Waals surface area contributed by atoms with Gasteiger partial charge in [-0.1, -0.05) is 13.8 Å². The first-order valence-electron chi connectivity index (χ1n) is 8.18. The van der Waals surface area contributed by atoms with Gasteiger partial charge in [0.1, 0.15) is 6.33 Å². The fourth-order valence-electron chi connectivity index (χ4n) is 2.79. The molecular weight excluding hydrogens is 296 g/mol. The van der Waals surface area contributed by atoms with E-state index in [0.717, 1.165) is 32.1 Å². The zero-order chi connectivity index (χ0) is 16.8. The molecule has 0 saturated carbocycles. The van der Waals surface area contributed by atoms with Gasteiger partial charge in [-0.05, 0) is 12.8 Å². The predicted molar refractivity (Wildman–Crippen MR) is 87.0 cm³/mol. The summed E-state index contributed by atoms with van der Waals surface area (Å²) in [5.41, 5.74) is 0. The number of nitrogens with one attached hydrogen (secondary N) is 2. The molecule has 1 saturated heterocycles. The lowest BCUT2D eigenvalue weighted by Crippen LogP contribution is -2.50. The average Bonchev–Trinajstić information content (AvgIpc) is 2.91. The second-order valence-corrected chi connectivity index (χ2v) is 6.52. The summed E-state index contributed by atoms with van der Waals surface area (Å²) in [6.07, 6.45) is 1.66. The first-order valence-corrected chi connectivity index (χ1v) is 8.18. The Hall–Kier alpha value is -1.67. The van der Waals surface area contributed by atoms with Crippen molar-refractivity contribution >= 4 is 6.03 Å². The van der Waals surface area contributed by atoms with Crippen LogP contribution in [0.15, 0.2) is 6.33 Å². The van der Waals surface area contributed by atoms with E-state index < -0.39 is 0 Å². The molecule has 0 bridgehead atoms. The van der Waals surface area contributed by atoms with E-state index in [-0.39, 0.29) is 18.2 Å². The van der Waals surface area contributed by atoms with Gasteiger partial charge in [0, 0.05) is 33.2 Å². The van der Waals surface area contributed by atoms with Gasteiger partial charge in [-0.3, -0.25) is 4.90 Å². The van der Waals surface area contributed by atoms with E-state index in [1.165, 1.54) is 0 Å². The summed E-state index contributed by atoms with van der Waals surface area (Å²) < 4.78 is 7.52. The zero-order valence-electron chi connectivity index (χ0n) is 14.5. The molecule has 2 N–H and O–H groups in total. The minimum Gasteiger partial charge on any atom is -0.374 e. The van der Waals surface area contributed by atoms with Crippen LogP contribution in [0.4, 0.5) is 4.79 Å². The highest BCUT2D eigenvalue weighted by Gasteiger charge is 2.22. The SMILES string of the molecule is CC(C)CN1CCO[C@@H](CNC(=O)N[C@@H](C)c2nncn2C)C1. The molecule has 23 heavy (non-hydrogen) atoms. The number of carbonyl (C=O) groups is 1. The monoisotopic (exact) mass is 324 g/mol. The lowest BCUT2D eigenvalue weighted by atomic mass is 10.2. The molecule has 8 nitrogen and oxygen atoms in total. The molecule has 2 amide bonds. The van der Waals surface area contributed by atoms with E-state index >= 15 is 0 Å². The Bertz CT molecular complexity index is 504. The molecule has 0 radical (unpaired) electrons. The summed E-state index contributed by atoms with van der Waals surface area (Å²) in [5, 5.41) is 13.6. The Morgan fingerprint density at radius 2 is 2.26 bits per heavy atom. The Morgan fingerprint density at radius 3 is 2.91 bits per heavy atom. The summed E-state index contributed by atoms with van der Waals surface area (Å²) in [6.45, 7) is 10.4. The summed E-state index contributed by atoms with van der Waals surface area (Å²) in [7, 11) is 1.85. The molecule has 1 fully saturated rings. The number of hydrogen-bond acceptors (Lipinski definition) is 5. The molecule has 2 heterocycles. The van der Waals surface area contributed by atoms with Crippen LogP contribution in [0.5, 0.6) is 0 Å². The number of nitrogens with zero attached hydrogens (tertiary/aromatic N) is 4. The highest BCUT2D eigenvalue weighted by atomic mass is 16.5. The smallest absolute Gasteiger partial charge is 0.315 e. The maximum absolute atomic E-state index is 12.0. The van der Waals surface area contributed by atoms with Gasteiger partial charge in [-0.25, -0.2) is 4.79 Å². The number of rotatable bonds is 6. The van der Waals surface area contributed by atoms with E-state index in [1.807, 2.05) is 14.0 Å². The summed E-state index contributed by atoms with van der Waals surface area (Å²) in [4.78, 5) is 14.4. The topological polar surface area (TPSA) is 84.3 Å². The molecule has 130 valence electrons. The predicted octanol–water partition coefficient (Wildman–Crippen LogP) is 0.532. The van der Waals surface area contributed by atoms with Crippen molar-refractivity contribution in [3.8, 4) is 0 Å². The number of aromatic nitrogens is 3. The number of aryl methyl sites for hydroxylation is 1. The minimum atomic E-state index is -0.218. The molecule has 1 aliphatic rings. The van der Waals surface area contributed by atoms with Crippen LogP contribution >= 0.6 is 0 Å². The van der Waals surface area contributed by atoms with Crippen molar-refractivity contribution in [3.63, 3.8) is 0 Å². The largest absolute Gasteiger partial charge is 0.374 e. The van der Waals surface area contributed by atoms with Crippen LogP contribution in [0.3, 0.4) is 0 Å². The second kappa shape index (κ2) is 8.26. The van der Waals surface area contributed by atoms with Crippen molar-refractivity contribution in [2.24, 2.45) is 13.0 Å². The second-order valence-electron chi connectivity index (χ2n) is 6.52. The van der Waals surface area contributed by atoms with E-state index in [9.17, 15) is 4.79 Å². The molecule has 1 aromatic heterocycles. The van der Waals surface area contributed by atoms with Gasteiger partial charge in [0.2, 0.25) is 0 Å². The van der Waals surface area contributed by atoms with Crippen molar-refractivity contribution in [2.75, 3.05) is 32.8 Å². The fourth-order valence-corrected chi connectivity index (χ4v) is 2.79. The van der Waals surface area contributed by atoms with E-state index in [0.29, 0.717) is 12.5 Å². The van der Waals surface area contributed by atoms with Gasteiger partial charge in [-0.2, -0.15) is 0 Å². The third-order valence-corrected chi connectivity index (χ3v) is 3.82. The number of hydrogen-bond donors (Lipinski definition) is 2. The molecule has 1 aliphatic heterocycles. The van der Waals surface area contributed by atoms with Gasteiger partial charge in [0.15, 0.2) is 5.82 Å². The van der Waals surface area contributed by atoms with Crippen molar-refractivity contribution in [1.29, 1.82) is 0 Å². The summed E-state index contributed by atoms with van der Waals surface area (Å²) in [5.74, 6) is 1.36. The zero-order valence-corrected chi connectivity index (χ0v) is 14.5. The summed E-state index contributed by atoms with van der Waals surface area (Å²) in [6, 6.07) is -0.419. The highest BCUT2D eigenvalue weighted by molar-refractivity contribution is 5.74. The lowest BCUT2D eigenvalue weighted by molar-refractivity contribution is -0.0290. The number of ether oxygens (including phenoxy) is 1. The Morgan fingerprint density at radius 1 is 1.48 bits per heavy atom. The number of amides is 2. The Kier molecular flexibility index (Phi) is 6.35. The molecular formula is C15H28N6O2. The maximum atomic E-state index is 12.0. The molecule has 2 atom stereocenters. The Labute approximate surface area is 137 Å². The van der Waals surface area contributed by atoms with Gasteiger partial charge in [0.05, 0.1) is 18.8 Å². The number of urea groups is 1. The van der Waals surface area contributed by atoms with Crippen LogP contribution in [-0.2, 0) is 11.8 Å². The third kappa shape index (κ3) is 5.47. The van der Waals surface area contributed by atoms with Gasteiger partial charge in [0.25, 0.3) is 0 Å². The molecule has 0 spiro atoms. The van der Waals surface area contributed by atoms with Crippen LogP contribution < -0.4 is 10.6 Å². The van der Waals surface area contributed by atoms with Crippen LogP contribution in [0.25, 0.3) is 0 Å². The molecule has 1 aromatic rings.